The molecular formula is C10H13NO3. The number of benzene rings is 1. The predicted octanol–water partition coefficient (Wildman–Crippen LogP) is 0.689. The van der Waals surface area contributed by atoms with Gasteiger partial charge in [0.2, 0.25) is 5.91 Å². The Labute approximate surface area is 82.5 Å². The highest BCUT2D eigenvalue weighted by molar-refractivity contribution is 5.79. The summed E-state index contributed by atoms with van der Waals surface area (Å²) in [5.74, 6) is 0.616. The number of aromatic hydroxyl groups is 1. The van der Waals surface area contributed by atoms with Gasteiger partial charge in [-0.1, -0.05) is 0 Å². The van der Waals surface area contributed by atoms with Gasteiger partial charge in [0.15, 0.2) is 0 Å². The fourth-order valence-electron chi connectivity index (χ4n) is 1.16. The van der Waals surface area contributed by atoms with Crippen LogP contribution in [-0.4, -0.2) is 25.2 Å². The Morgan fingerprint density at radius 3 is 2.86 bits per heavy atom. The molecule has 1 aromatic rings. The highest BCUT2D eigenvalue weighted by atomic mass is 16.5. The van der Waals surface area contributed by atoms with Crippen molar-refractivity contribution in [1.29, 1.82) is 0 Å². The van der Waals surface area contributed by atoms with E-state index in [1.165, 1.54) is 19.2 Å². The van der Waals surface area contributed by atoms with Crippen molar-refractivity contribution in [2.24, 2.45) is 0 Å². The van der Waals surface area contributed by atoms with Crippen molar-refractivity contribution >= 4 is 5.91 Å². The van der Waals surface area contributed by atoms with Crippen LogP contribution in [0.1, 0.15) is 5.56 Å². The fourth-order valence-corrected chi connectivity index (χ4v) is 1.16. The molecule has 0 radical (unpaired) electrons. The zero-order valence-electron chi connectivity index (χ0n) is 8.20. The van der Waals surface area contributed by atoms with Gasteiger partial charge in [-0.25, -0.2) is 0 Å². The molecule has 1 amide bonds. The third-order valence-corrected chi connectivity index (χ3v) is 1.89. The molecule has 0 atom stereocenters. The van der Waals surface area contributed by atoms with Gasteiger partial charge in [0.05, 0.1) is 13.5 Å². The van der Waals surface area contributed by atoms with Gasteiger partial charge in [0.25, 0.3) is 0 Å². The van der Waals surface area contributed by atoms with Crippen LogP contribution < -0.4 is 10.1 Å². The zero-order chi connectivity index (χ0) is 10.6. The molecule has 0 bridgehead atoms. The van der Waals surface area contributed by atoms with E-state index in [4.69, 9.17) is 4.74 Å². The standard InChI is InChI=1S/C10H13NO3/c1-11-10(13)6-7-5-8(12)3-4-9(7)14-2/h3-5,12H,6H2,1-2H3,(H,11,13). The normalized spacial score (nSPS) is 9.57. The van der Waals surface area contributed by atoms with Crippen LogP contribution in [-0.2, 0) is 11.2 Å². The molecule has 0 saturated carbocycles. The van der Waals surface area contributed by atoms with Crippen LogP contribution in [0.3, 0.4) is 0 Å². The van der Waals surface area contributed by atoms with Crippen molar-refractivity contribution in [1.82, 2.24) is 5.32 Å². The summed E-state index contributed by atoms with van der Waals surface area (Å²) in [6.07, 6.45) is 0.202. The van der Waals surface area contributed by atoms with Crippen molar-refractivity contribution in [2.75, 3.05) is 14.2 Å². The predicted molar refractivity (Wildman–Crippen MR) is 52.4 cm³/mol. The zero-order valence-corrected chi connectivity index (χ0v) is 8.20. The quantitative estimate of drug-likeness (QED) is 0.746. The minimum Gasteiger partial charge on any atom is -0.508 e. The number of carbonyl (C=O) groups excluding carboxylic acids is 1. The lowest BCUT2D eigenvalue weighted by Crippen LogP contribution is -2.20. The molecule has 0 aliphatic heterocycles. The van der Waals surface area contributed by atoms with E-state index < -0.39 is 0 Å². The molecule has 1 aromatic carbocycles. The van der Waals surface area contributed by atoms with Crippen LogP contribution in [0.25, 0.3) is 0 Å². The SMILES string of the molecule is CNC(=O)Cc1cc(O)ccc1OC. The van der Waals surface area contributed by atoms with E-state index in [2.05, 4.69) is 5.32 Å². The van der Waals surface area contributed by atoms with Crippen LogP contribution in [0.5, 0.6) is 11.5 Å². The lowest BCUT2D eigenvalue weighted by molar-refractivity contribution is -0.119. The molecule has 4 heteroatoms. The molecule has 0 fully saturated rings. The molecule has 2 N–H and O–H groups in total. The van der Waals surface area contributed by atoms with Crippen molar-refractivity contribution in [3.8, 4) is 11.5 Å². The van der Waals surface area contributed by atoms with Gasteiger partial charge in [0.1, 0.15) is 11.5 Å². The van der Waals surface area contributed by atoms with E-state index in [1.807, 2.05) is 0 Å². The number of nitrogens with one attached hydrogen (secondary N) is 1. The Kier molecular flexibility index (Phi) is 3.34. The average Bonchev–Trinajstić information content (AvgIpc) is 2.18. The summed E-state index contributed by atoms with van der Waals surface area (Å²) in [5.41, 5.74) is 0.673. The van der Waals surface area contributed by atoms with Crippen LogP contribution >= 0.6 is 0 Å². The molecule has 0 aromatic heterocycles. The van der Waals surface area contributed by atoms with Crippen LogP contribution in [0.4, 0.5) is 0 Å². The second-order valence-electron chi connectivity index (χ2n) is 2.85. The summed E-state index contributed by atoms with van der Waals surface area (Å²) in [5, 5.41) is 11.7. The number of phenols is 1. The van der Waals surface area contributed by atoms with Crippen LogP contribution in [0.2, 0.25) is 0 Å². The number of phenolic OH excluding ortho intramolecular Hbond substituents is 1. The van der Waals surface area contributed by atoms with E-state index >= 15 is 0 Å². The molecule has 0 aliphatic rings. The maximum absolute atomic E-state index is 11.1. The molecule has 0 spiro atoms. The summed E-state index contributed by atoms with van der Waals surface area (Å²) in [6, 6.07) is 4.67. The topological polar surface area (TPSA) is 58.6 Å². The minimum atomic E-state index is -0.117. The summed E-state index contributed by atoms with van der Waals surface area (Å²) < 4.78 is 5.05. The van der Waals surface area contributed by atoms with Gasteiger partial charge in [0, 0.05) is 12.6 Å². The summed E-state index contributed by atoms with van der Waals surface area (Å²) >= 11 is 0. The molecule has 0 unspecified atom stereocenters. The highest BCUT2D eigenvalue weighted by Gasteiger charge is 2.07. The fraction of sp³-hybridized carbons (Fsp3) is 0.300. The number of likely N-dealkylation sites (N-methyl/N-ethyl adjacent to an activating group) is 1. The number of rotatable bonds is 3. The van der Waals surface area contributed by atoms with Crippen LogP contribution in [0.15, 0.2) is 18.2 Å². The average molecular weight is 195 g/mol. The van der Waals surface area contributed by atoms with E-state index in [0.29, 0.717) is 11.3 Å². The van der Waals surface area contributed by atoms with E-state index in [-0.39, 0.29) is 18.1 Å². The lowest BCUT2D eigenvalue weighted by atomic mass is 10.1. The summed E-state index contributed by atoms with van der Waals surface area (Å²) in [6.45, 7) is 0. The molecular weight excluding hydrogens is 182 g/mol. The molecule has 4 nitrogen and oxygen atoms in total. The van der Waals surface area contributed by atoms with Gasteiger partial charge in [-0.2, -0.15) is 0 Å². The van der Waals surface area contributed by atoms with Crippen LogP contribution in [0, 0.1) is 0 Å². The summed E-state index contributed by atoms with van der Waals surface area (Å²) in [4.78, 5) is 11.1. The van der Waals surface area contributed by atoms with E-state index in [0.717, 1.165) is 0 Å². The minimum absolute atomic E-state index is 0.117. The monoisotopic (exact) mass is 195 g/mol. The smallest absolute Gasteiger partial charge is 0.224 e. The van der Waals surface area contributed by atoms with Gasteiger partial charge < -0.3 is 15.2 Å². The van der Waals surface area contributed by atoms with Gasteiger partial charge in [-0.15, -0.1) is 0 Å². The first-order valence-electron chi connectivity index (χ1n) is 4.24. The van der Waals surface area contributed by atoms with Crippen molar-refractivity contribution in [3.05, 3.63) is 23.8 Å². The first-order chi connectivity index (χ1) is 6.67. The van der Waals surface area contributed by atoms with Crippen molar-refractivity contribution in [3.63, 3.8) is 0 Å². The Bertz CT molecular complexity index is 336. The first-order valence-corrected chi connectivity index (χ1v) is 4.24. The van der Waals surface area contributed by atoms with Crippen molar-refractivity contribution < 1.29 is 14.6 Å². The van der Waals surface area contributed by atoms with Gasteiger partial charge >= 0.3 is 0 Å². The first kappa shape index (κ1) is 10.4. The number of hydrogen-bond donors (Lipinski definition) is 2. The number of amides is 1. The molecule has 1 rings (SSSR count). The largest absolute Gasteiger partial charge is 0.508 e. The number of carbonyl (C=O) groups is 1. The molecule has 0 heterocycles. The second-order valence-corrected chi connectivity index (χ2v) is 2.85. The number of ether oxygens (including phenoxy) is 1. The third kappa shape index (κ3) is 2.39. The number of hydrogen-bond acceptors (Lipinski definition) is 3. The Balaban J connectivity index is 2.93. The second kappa shape index (κ2) is 4.50. The Morgan fingerprint density at radius 1 is 1.57 bits per heavy atom. The third-order valence-electron chi connectivity index (χ3n) is 1.89. The molecule has 0 saturated heterocycles. The van der Waals surface area contributed by atoms with Crippen molar-refractivity contribution in [2.45, 2.75) is 6.42 Å². The van der Waals surface area contributed by atoms with E-state index in [1.54, 1.807) is 13.1 Å². The summed E-state index contributed by atoms with van der Waals surface area (Å²) in [7, 11) is 3.09. The van der Waals surface area contributed by atoms with Gasteiger partial charge in [-0.3, -0.25) is 4.79 Å². The highest BCUT2D eigenvalue weighted by Crippen LogP contribution is 2.23. The molecule has 76 valence electrons. The molecule has 14 heavy (non-hydrogen) atoms. The van der Waals surface area contributed by atoms with Gasteiger partial charge in [-0.05, 0) is 18.2 Å². The Hall–Kier alpha value is -1.71. The molecule has 0 aliphatic carbocycles. The maximum atomic E-state index is 11.1. The Morgan fingerprint density at radius 2 is 2.29 bits per heavy atom. The number of methoxy groups -OCH3 is 1. The lowest BCUT2D eigenvalue weighted by Gasteiger charge is -2.07. The maximum Gasteiger partial charge on any atom is 0.224 e. The van der Waals surface area contributed by atoms with E-state index in [9.17, 15) is 9.90 Å².